The van der Waals surface area contributed by atoms with Crippen molar-refractivity contribution in [2.24, 2.45) is 13.0 Å². The van der Waals surface area contributed by atoms with Crippen LogP contribution < -0.4 is 4.72 Å². The van der Waals surface area contributed by atoms with Gasteiger partial charge in [0.05, 0.1) is 34.7 Å². The zero-order valence-electron chi connectivity index (χ0n) is 21.5. The van der Waals surface area contributed by atoms with E-state index in [2.05, 4.69) is 37.8 Å². The Morgan fingerprint density at radius 2 is 1.87 bits per heavy atom. The molecule has 0 radical (unpaired) electrons. The number of aryl methyl sites for hydroxylation is 2. The number of hydrogen-bond acceptors (Lipinski definition) is 7. The predicted molar refractivity (Wildman–Crippen MR) is 146 cm³/mol. The fourth-order valence-corrected chi connectivity index (χ4v) is 6.10. The third kappa shape index (κ3) is 4.41. The second-order valence-corrected chi connectivity index (χ2v) is 11.6. The number of hydrogen-bond donors (Lipinski definition) is 1. The number of nitrogens with zero attached hydrogens (tertiary/aromatic N) is 6. The Hall–Kier alpha value is -3.83. The van der Waals surface area contributed by atoms with Crippen LogP contribution in [0.4, 0.5) is 5.82 Å². The highest BCUT2D eigenvalue weighted by Gasteiger charge is 2.31. The normalized spacial score (nSPS) is 15.8. The maximum Gasteiger partial charge on any atom is 0.230 e. The van der Waals surface area contributed by atoms with Gasteiger partial charge in [-0.3, -0.25) is 9.71 Å². The average Bonchev–Trinajstić information content (AvgIpc) is 3.40. The Labute approximate surface area is 220 Å². The highest BCUT2D eigenvalue weighted by Crippen LogP contribution is 2.41. The molecule has 1 saturated heterocycles. The van der Waals surface area contributed by atoms with Crippen LogP contribution in [-0.2, 0) is 21.8 Å². The first-order valence-electron chi connectivity index (χ1n) is 12.6. The summed E-state index contributed by atoms with van der Waals surface area (Å²) in [7, 11) is -1.63. The van der Waals surface area contributed by atoms with Gasteiger partial charge in [-0.15, -0.1) is 5.10 Å². The molecule has 5 heterocycles. The molecular formula is C27H29N7O3S. The molecule has 0 saturated carbocycles. The van der Waals surface area contributed by atoms with E-state index in [1.54, 1.807) is 10.7 Å². The molecule has 10 nitrogen and oxygen atoms in total. The van der Waals surface area contributed by atoms with E-state index in [4.69, 9.17) is 14.7 Å². The second kappa shape index (κ2) is 9.48. The van der Waals surface area contributed by atoms with Crippen molar-refractivity contribution < 1.29 is 13.2 Å². The minimum Gasteiger partial charge on any atom is -0.381 e. The molecule has 1 atom stereocenters. The largest absolute Gasteiger partial charge is 0.381 e. The van der Waals surface area contributed by atoms with E-state index < -0.39 is 10.0 Å². The molecule has 38 heavy (non-hydrogen) atoms. The maximum atomic E-state index is 12.0. The van der Waals surface area contributed by atoms with Gasteiger partial charge >= 0.3 is 0 Å². The number of rotatable bonds is 6. The molecule has 5 aromatic rings. The van der Waals surface area contributed by atoms with Crippen molar-refractivity contribution in [2.75, 3.05) is 24.2 Å². The zero-order chi connectivity index (χ0) is 26.4. The number of aromatic nitrogens is 6. The monoisotopic (exact) mass is 531 g/mol. The Morgan fingerprint density at radius 3 is 2.55 bits per heavy atom. The van der Waals surface area contributed by atoms with E-state index in [0.29, 0.717) is 24.8 Å². The van der Waals surface area contributed by atoms with Crippen molar-refractivity contribution in [1.82, 2.24) is 29.5 Å². The van der Waals surface area contributed by atoms with Crippen molar-refractivity contribution in [3.05, 3.63) is 66.0 Å². The molecule has 0 amide bonds. The molecule has 1 aliphatic heterocycles. The van der Waals surface area contributed by atoms with Crippen LogP contribution in [0.1, 0.15) is 30.1 Å². The summed E-state index contributed by atoms with van der Waals surface area (Å²) in [6.45, 7) is 3.33. The fraction of sp³-hybridized carbons (Fsp3) is 0.333. The van der Waals surface area contributed by atoms with Crippen LogP contribution in [0.3, 0.4) is 0 Å². The van der Waals surface area contributed by atoms with E-state index in [-0.39, 0.29) is 11.9 Å². The summed E-state index contributed by atoms with van der Waals surface area (Å²) in [5, 5.41) is 9.27. The second-order valence-electron chi connectivity index (χ2n) is 9.86. The molecule has 6 rings (SSSR count). The summed E-state index contributed by atoms with van der Waals surface area (Å²) in [5.74, 6) is 0.566. The van der Waals surface area contributed by atoms with Crippen LogP contribution in [0.25, 0.3) is 33.3 Å². The summed E-state index contributed by atoms with van der Waals surface area (Å²) < 4.78 is 36.3. The van der Waals surface area contributed by atoms with E-state index in [1.807, 2.05) is 44.4 Å². The van der Waals surface area contributed by atoms with E-state index in [1.165, 1.54) is 0 Å². The molecule has 0 aliphatic carbocycles. The van der Waals surface area contributed by atoms with Gasteiger partial charge < -0.3 is 9.30 Å². The smallest absolute Gasteiger partial charge is 0.230 e. The lowest BCUT2D eigenvalue weighted by Gasteiger charge is -2.32. The molecule has 0 spiro atoms. The molecule has 0 unspecified atom stereocenters. The summed E-state index contributed by atoms with van der Waals surface area (Å²) in [6.07, 6.45) is 4.77. The maximum absolute atomic E-state index is 12.0. The first-order chi connectivity index (χ1) is 18.3. The quantitative estimate of drug-likeness (QED) is 0.351. The first kappa shape index (κ1) is 24.5. The molecule has 1 aliphatic rings. The molecule has 4 aromatic heterocycles. The van der Waals surface area contributed by atoms with Gasteiger partial charge in [0.1, 0.15) is 11.5 Å². The Bertz CT molecular complexity index is 1720. The van der Waals surface area contributed by atoms with Gasteiger partial charge in [-0.05, 0) is 49.4 Å². The lowest BCUT2D eigenvalue weighted by Crippen LogP contribution is -2.27. The Morgan fingerprint density at radius 1 is 1.11 bits per heavy atom. The van der Waals surface area contributed by atoms with Gasteiger partial charge in [-0.25, -0.2) is 18.1 Å². The van der Waals surface area contributed by atoms with Gasteiger partial charge in [-0.2, -0.15) is 0 Å². The number of ether oxygens (including phenoxy) is 1. The topological polar surface area (TPSA) is 117 Å². The van der Waals surface area contributed by atoms with Gasteiger partial charge in [-0.1, -0.05) is 35.5 Å². The molecule has 1 aromatic carbocycles. The highest BCUT2D eigenvalue weighted by molar-refractivity contribution is 7.92. The van der Waals surface area contributed by atoms with Crippen LogP contribution in [0, 0.1) is 12.8 Å². The van der Waals surface area contributed by atoms with Crippen LogP contribution >= 0.6 is 0 Å². The van der Waals surface area contributed by atoms with Gasteiger partial charge in [0.15, 0.2) is 0 Å². The number of nitrogens with one attached hydrogen (secondary N) is 1. The minimum absolute atomic E-state index is 0.0520. The van der Waals surface area contributed by atoms with Gasteiger partial charge in [0.2, 0.25) is 10.0 Å². The molecule has 0 bridgehead atoms. The number of anilines is 1. The molecular weight excluding hydrogens is 502 g/mol. The van der Waals surface area contributed by atoms with E-state index >= 15 is 0 Å². The summed E-state index contributed by atoms with van der Waals surface area (Å²) in [6, 6.07) is 16.0. The van der Waals surface area contributed by atoms with Crippen molar-refractivity contribution in [3.8, 4) is 11.3 Å². The summed E-state index contributed by atoms with van der Waals surface area (Å²) >= 11 is 0. The first-order valence-corrected chi connectivity index (χ1v) is 14.5. The number of fused-ring (bicyclic) bond motifs is 3. The lowest BCUT2D eigenvalue weighted by atomic mass is 9.86. The van der Waals surface area contributed by atoms with E-state index in [0.717, 1.165) is 58.0 Å². The fourth-order valence-electron chi connectivity index (χ4n) is 5.60. The molecule has 1 N–H and O–H groups in total. The average molecular weight is 532 g/mol. The predicted octanol–water partition coefficient (Wildman–Crippen LogP) is 4.08. The minimum atomic E-state index is -3.50. The van der Waals surface area contributed by atoms with Crippen LogP contribution in [0.15, 0.2) is 54.7 Å². The lowest BCUT2D eigenvalue weighted by molar-refractivity contribution is 0.0552. The summed E-state index contributed by atoms with van der Waals surface area (Å²) in [5.41, 5.74) is 6.18. The highest BCUT2D eigenvalue weighted by atomic mass is 32.2. The Balaban J connectivity index is 1.67. The van der Waals surface area contributed by atoms with Crippen molar-refractivity contribution >= 4 is 37.9 Å². The zero-order valence-corrected chi connectivity index (χ0v) is 22.3. The van der Waals surface area contributed by atoms with Crippen LogP contribution in [-0.4, -0.2) is 57.4 Å². The molecule has 11 heteroatoms. The SMILES string of the molecule is Cc1nnn(C)c1-c1cnc2c3ccc(NS(C)(=O)=O)nc3n([C@H](c3ccccc3)C3CCOCC3)c2c1. The standard InChI is InChI=1S/C27H29N7O3S/c1-17-25(33(2)32-30-17)20-15-22-24(28-16-20)21-9-10-23(31-38(3,35)36)29-27(21)34(22)26(18-7-5-4-6-8-18)19-11-13-37-14-12-19/h4-10,15-16,19,26H,11-14H2,1-3H3,(H,29,31)/t26-/m1/s1. The Kier molecular flexibility index (Phi) is 6.11. The number of benzene rings is 1. The third-order valence-corrected chi connectivity index (χ3v) is 7.76. The number of sulfonamides is 1. The molecule has 196 valence electrons. The number of pyridine rings is 2. The van der Waals surface area contributed by atoms with Crippen molar-refractivity contribution in [2.45, 2.75) is 25.8 Å². The van der Waals surface area contributed by atoms with Crippen molar-refractivity contribution in [3.63, 3.8) is 0 Å². The summed E-state index contributed by atoms with van der Waals surface area (Å²) in [4.78, 5) is 9.74. The molecule has 1 fully saturated rings. The third-order valence-electron chi connectivity index (χ3n) is 7.18. The van der Waals surface area contributed by atoms with Gasteiger partial charge in [0, 0.05) is 37.4 Å². The van der Waals surface area contributed by atoms with E-state index in [9.17, 15) is 8.42 Å². The van der Waals surface area contributed by atoms with Crippen LogP contribution in [0.2, 0.25) is 0 Å². The van der Waals surface area contributed by atoms with Gasteiger partial charge in [0.25, 0.3) is 0 Å². The van der Waals surface area contributed by atoms with Crippen molar-refractivity contribution in [1.29, 1.82) is 0 Å². The van der Waals surface area contributed by atoms with Crippen LogP contribution in [0.5, 0.6) is 0 Å².